The second kappa shape index (κ2) is 5.80. The monoisotopic (exact) mass is 240 g/mol. The van der Waals surface area contributed by atoms with E-state index in [-0.39, 0.29) is 5.92 Å². The Morgan fingerprint density at radius 2 is 1.88 bits per heavy atom. The lowest BCUT2D eigenvalue weighted by atomic mass is 10.1. The molecule has 16 heavy (non-hydrogen) atoms. The van der Waals surface area contributed by atoms with E-state index in [4.69, 9.17) is 5.11 Å². The lowest BCUT2D eigenvalue weighted by molar-refractivity contribution is -0.136. The van der Waals surface area contributed by atoms with E-state index >= 15 is 0 Å². The average molecular weight is 240 g/mol. The van der Waals surface area contributed by atoms with Crippen molar-refractivity contribution in [1.29, 1.82) is 0 Å². The molecule has 0 aliphatic rings. The van der Waals surface area contributed by atoms with Crippen LogP contribution in [0.2, 0.25) is 0 Å². The Bertz CT molecular complexity index is 373. The van der Waals surface area contributed by atoms with Crippen molar-refractivity contribution in [3.63, 3.8) is 0 Å². The smallest absolute Gasteiger partial charge is 0.323 e. The summed E-state index contributed by atoms with van der Waals surface area (Å²) in [5.74, 6) is -0.386. The lowest BCUT2D eigenvalue weighted by Gasteiger charge is -2.13. The van der Waals surface area contributed by atoms with E-state index in [1.54, 1.807) is 24.3 Å². The Morgan fingerprint density at radius 3 is 2.31 bits per heavy atom. The molecule has 2 unspecified atom stereocenters. The maximum Gasteiger partial charge on any atom is 0.323 e. The summed E-state index contributed by atoms with van der Waals surface area (Å²) in [4.78, 5) is 11.1. The first-order chi connectivity index (χ1) is 7.52. The number of carboxylic acids is 1. The maximum absolute atomic E-state index is 11.9. The molecule has 1 rings (SSSR count). The van der Waals surface area contributed by atoms with Crippen LogP contribution < -0.4 is 0 Å². The Kier molecular flexibility index (Phi) is 4.68. The standard InChI is InChI=1S/C12H16O3S/c1-9(2)8-16(15)11(12(13)14)10-6-4-3-5-7-10/h3-7,9,11H,8H2,1-2H3,(H,13,14). The van der Waals surface area contributed by atoms with E-state index in [9.17, 15) is 9.00 Å². The first-order valence-electron chi connectivity index (χ1n) is 5.17. The number of carbonyl (C=O) groups is 1. The minimum absolute atomic E-state index is 0.228. The molecule has 0 spiro atoms. The van der Waals surface area contributed by atoms with Gasteiger partial charge in [-0.15, -0.1) is 0 Å². The summed E-state index contributed by atoms with van der Waals surface area (Å²) in [7, 11) is -1.37. The third-order valence-electron chi connectivity index (χ3n) is 2.09. The van der Waals surface area contributed by atoms with Gasteiger partial charge in [0, 0.05) is 16.6 Å². The van der Waals surface area contributed by atoms with Crippen molar-refractivity contribution in [3.05, 3.63) is 35.9 Å². The highest BCUT2D eigenvalue weighted by Crippen LogP contribution is 2.21. The average Bonchev–Trinajstić information content (AvgIpc) is 2.17. The van der Waals surface area contributed by atoms with Gasteiger partial charge in [-0.25, -0.2) is 0 Å². The predicted molar refractivity (Wildman–Crippen MR) is 64.7 cm³/mol. The van der Waals surface area contributed by atoms with Crippen LogP contribution in [0.4, 0.5) is 0 Å². The Balaban J connectivity index is 2.92. The number of hydrogen-bond donors (Lipinski definition) is 1. The van der Waals surface area contributed by atoms with E-state index in [1.165, 1.54) is 0 Å². The summed E-state index contributed by atoms with van der Waals surface area (Å²) in [6, 6.07) is 8.75. The van der Waals surface area contributed by atoms with Crippen molar-refractivity contribution in [2.24, 2.45) is 5.92 Å². The van der Waals surface area contributed by atoms with Crippen LogP contribution in [0.5, 0.6) is 0 Å². The number of hydrogen-bond acceptors (Lipinski definition) is 2. The van der Waals surface area contributed by atoms with Gasteiger partial charge >= 0.3 is 5.97 Å². The van der Waals surface area contributed by atoms with Crippen molar-refractivity contribution in [2.45, 2.75) is 19.1 Å². The molecule has 1 N–H and O–H groups in total. The number of carboxylic acid groups (broad SMARTS) is 1. The van der Waals surface area contributed by atoms with Crippen LogP contribution in [-0.4, -0.2) is 21.0 Å². The summed E-state index contributed by atoms with van der Waals surface area (Å²) in [5.41, 5.74) is 0.606. The maximum atomic E-state index is 11.9. The highest BCUT2D eigenvalue weighted by Gasteiger charge is 2.26. The fraction of sp³-hybridized carbons (Fsp3) is 0.417. The minimum atomic E-state index is -1.37. The topological polar surface area (TPSA) is 54.4 Å². The summed E-state index contributed by atoms with van der Waals surface area (Å²) in [6.45, 7) is 3.86. The van der Waals surface area contributed by atoms with Crippen molar-refractivity contribution >= 4 is 16.8 Å². The second-order valence-electron chi connectivity index (χ2n) is 4.07. The van der Waals surface area contributed by atoms with Gasteiger partial charge in [-0.3, -0.25) is 9.00 Å². The summed E-state index contributed by atoms with van der Waals surface area (Å²) in [6.07, 6.45) is 0. The highest BCUT2D eigenvalue weighted by atomic mass is 32.2. The van der Waals surface area contributed by atoms with E-state index in [0.717, 1.165) is 0 Å². The second-order valence-corrected chi connectivity index (χ2v) is 5.64. The van der Waals surface area contributed by atoms with Gasteiger partial charge < -0.3 is 5.11 Å². The molecule has 1 aromatic rings. The number of rotatable bonds is 5. The summed E-state index contributed by atoms with van der Waals surface area (Å²) < 4.78 is 11.9. The predicted octanol–water partition coefficient (Wildman–Crippen LogP) is 2.22. The Hall–Kier alpha value is -1.16. The molecule has 0 aliphatic carbocycles. The van der Waals surface area contributed by atoms with Crippen LogP contribution in [0, 0.1) is 5.92 Å². The molecule has 0 bridgehead atoms. The zero-order chi connectivity index (χ0) is 12.1. The van der Waals surface area contributed by atoms with E-state index < -0.39 is 22.0 Å². The summed E-state index contributed by atoms with van der Waals surface area (Å²) in [5, 5.41) is 8.20. The highest BCUT2D eigenvalue weighted by molar-refractivity contribution is 7.86. The van der Waals surface area contributed by atoms with Gasteiger partial charge in [-0.05, 0) is 11.5 Å². The molecule has 1 aromatic carbocycles. The minimum Gasteiger partial charge on any atom is -0.480 e. The SMILES string of the molecule is CC(C)CS(=O)C(C(=O)O)c1ccccc1. The van der Waals surface area contributed by atoms with Crippen LogP contribution in [-0.2, 0) is 15.6 Å². The Labute approximate surface area is 98.0 Å². The van der Waals surface area contributed by atoms with Crippen LogP contribution in [0.25, 0.3) is 0 Å². The van der Waals surface area contributed by atoms with Crippen molar-refractivity contribution in [2.75, 3.05) is 5.75 Å². The van der Waals surface area contributed by atoms with E-state index in [0.29, 0.717) is 11.3 Å². The van der Waals surface area contributed by atoms with Crippen molar-refractivity contribution in [3.8, 4) is 0 Å². The number of aliphatic carboxylic acids is 1. The van der Waals surface area contributed by atoms with Crippen molar-refractivity contribution < 1.29 is 14.1 Å². The van der Waals surface area contributed by atoms with E-state index in [2.05, 4.69) is 0 Å². The molecule has 0 saturated heterocycles. The molecule has 0 fully saturated rings. The molecule has 0 radical (unpaired) electrons. The van der Waals surface area contributed by atoms with Crippen LogP contribution in [0.1, 0.15) is 24.7 Å². The zero-order valence-electron chi connectivity index (χ0n) is 9.42. The van der Waals surface area contributed by atoms with Gasteiger partial charge in [0.05, 0.1) is 0 Å². The molecule has 0 amide bonds. The van der Waals surface area contributed by atoms with Crippen LogP contribution in [0.15, 0.2) is 30.3 Å². The lowest BCUT2D eigenvalue weighted by Crippen LogP contribution is -2.21. The van der Waals surface area contributed by atoms with Gasteiger partial charge in [0.1, 0.15) is 0 Å². The van der Waals surface area contributed by atoms with Gasteiger partial charge in [-0.1, -0.05) is 44.2 Å². The number of benzene rings is 1. The molecule has 0 aromatic heterocycles. The molecule has 0 aliphatic heterocycles. The molecule has 88 valence electrons. The fourth-order valence-corrected chi connectivity index (χ4v) is 2.99. The fourth-order valence-electron chi connectivity index (χ4n) is 1.46. The third kappa shape index (κ3) is 3.45. The Morgan fingerprint density at radius 1 is 1.31 bits per heavy atom. The largest absolute Gasteiger partial charge is 0.480 e. The van der Waals surface area contributed by atoms with Crippen LogP contribution >= 0.6 is 0 Å². The van der Waals surface area contributed by atoms with Gasteiger partial charge in [0.15, 0.2) is 5.25 Å². The zero-order valence-corrected chi connectivity index (χ0v) is 10.2. The first kappa shape index (κ1) is 12.9. The molecule has 3 nitrogen and oxygen atoms in total. The molecular formula is C12H16O3S. The van der Waals surface area contributed by atoms with Gasteiger partial charge in [-0.2, -0.15) is 0 Å². The molecule has 2 atom stereocenters. The first-order valence-corrected chi connectivity index (χ1v) is 6.55. The van der Waals surface area contributed by atoms with Gasteiger partial charge in [0.25, 0.3) is 0 Å². The molecule has 4 heteroatoms. The normalized spacial score (nSPS) is 14.7. The molecule has 0 saturated carbocycles. The summed E-state index contributed by atoms with van der Waals surface area (Å²) >= 11 is 0. The van der Waals surface area contributed by atoms with Gasteiger partial charge in [0.2, 0.25) is 0 Å². The van der Waals surface area contributed by atoms with Crippen LogP contribution in [0.3, 0.4) is 0 Å². The third-order valence-corrected chi connectivity index (χ3v) is 4.08. The molecular weight excluding hydrogens is 224 g/mol. The molecule has 0 heterocycles. The van der Waals surface area contributed by atoms with E-state index in [1.807, 2.05) is 19.9 Å². The quantitative estimate of drug-likeness (QED) is 0.858. The van der Waals surface area contributed by atoms with Crippen molar-refractivity contribution in [1.82, 2.24) is 0 Å².